The maximum absolute atomic E-state index is 12.6. The Morgan fingerprint density at radius 3 is 2.60 bits per heavy atom. The Labute approximate surface area is 121 Å². The monoisotopic (exact) mass is 297 g/mol. The molecule has 20 heavy (non-hydrogen) atoms. The van der Waals surface area contributed by atoms with Crippen molar-refractivity contribution in [3.8, 4) is 0 Å². The predicted molar refractivity (Wildman–Crippen MR) is 74.8 cm³/mol. The first-order valence-corrected chi connectivity index (χ1v) is 6.92. The molecule has 2 atom stereocenters. The lowest BCUT2D eigenvalue weighted by atomic mass is 9.96. The smallest absolute Gasteiger partial charge is 0.300 e. The SMILES string of the molecule is C[C@@H]1CCC[C@H](C)N1C(=O)c1cc(Cl)ncc1[N+](=O)[O-]. The Morgan fingerprint density at radius 2 is 2.05 bits per heavy atom. The minimum Gasteiger partial charge on any atom is -0.333 e. The molecule has 1 aromatic heterocycles. The molecule has 0 radical (unpaired) electrons. The molecule has 0 saturated carbocycles. The van der Waals surface area contributed by atoms with Gasteiger partial charge in [-0.25, -0.2) is 4.98 Å². The summed E-state index contributed by atoms with van der Waals surface area (Å²) in [7, 11) is 0. The van der Waals surface area contributed by atoms with Gasteiger partial charge in [0.15, 0.2) is 0 Å². The number of nitrogens with zero attached hydrogens (tertiary/aromatic N) is 3. The van der Waals surface area contributed by atoms with Crippen LogP contribution in [0.2, 0.25) is 5.15 Å². The van der Waals surface area contributed by atoms with Gasteiger partial charge in [0.2, 0.25) is 0 Å². The van der Waals surface area contributed by atoms with Crippen molar-refractivity contribution in [2.75, 3.05) is 0 Å². The summed E-state index contributed by atoms with van der Waals surface area (Å²) in [6.45, 7) is 3.92. The van der Waals surface area contributed by atoms with Gasteiger partial charge in [0, 0.05) is 12.1 Å². The van der Waals surface area contributed by atoms with E-state index in [2.05, 4.69) is 4.98 Å². The second kappa shape index (κ2) is 5.75. The Kier molecular flexibility index (Phi) is 4.23. The number of hydrogen-bond donors (Lipinski definition) is 0. The molecular formula is C13H16ClN3O3. The lowest BCUT2D eigenvalue weighted by molar-refractivity contribution is -0.385. The number of rotatable bonds is 2. The average Bonchev–Trinajstić information content (AvgIpc) is 2.37. The summed E-state index contributed by atoms with van der Waals surface area (Å²) in [6.07, 6.45) is 3.91. The van der Waals surface area contributed by atoms with Crippen LogP contribution in [0.4, 0.5) is 5.69 Å². The third-order valence-electron chi connectivity index (χ3n) is 3.70. The Hall–Kier alpha value is -1.69. The number of aromatic nitrogens is 1. The molecule has 0 bridgehead atoms. The lowest BCUT2D eigenvalue weighted by Gasteiger charge is -2.39. The fourth-order valence-electron chi connectivity index (χ4n) is 2.70. The van der Waals surface area contributed by atoms with E-state index in [4.69, 9.17) is 11.6 Å². The van der Waals surface area contributed by atoms with Crippen LogP contribution >= 0.6 is 11.6 Å². The highest BCUT2D eigenvalue weighted by Crippen LogP contribution is 2.28. The minimum atomic E-state index is -0.601. The topological polar surface area (TPSA) is 76.3 Å². The Bertz CT molecular complexity index is 540. The van der Waals surface area contributed by atoms with Crippen molar-refractivity contribution in [1.82, 2.24) is 9.88 Å². The summed E-state index contributed by atoms with van der Waals surface area (Å²) in [4.78, 5) is 28.5. The van der Waals surface area contributed by atoms with Gasteiger partial charge in [-0.3, -0.25) is 14.9 Å². The van der Waals surface area contributed by atoms with E-state index in [1.54, 1.807) is 4.90 Å². The van der Waals surface area contributed by atoms with E-state index in [0.717, 1.165) is 25.5 Å². The van der Waals surface area contributed by atoms with Gasteiger partial charge in [0.05, 0.1) is 4.92 Å². The van der Waals surface area contributed by atoms with Crippen molar-refractivity contribution < 1.29 is 9.72 Å². The first kappa shape index (κ1) is 14.7. The zero-order chi connectivity index (χ0) is 14.9. The van der Waals surface area contributed by atoms with Gasteiger partial charge < -0.3 is 4.90 Å². The number of piperidine rings is 1. The largest absolute Gasteiger partial charge is 0.333 e. The summed E-state index contributed by atoms with van der Waals surface area (Å²) in [5.41, 5.74) is -0.292. The number of carbonyl (C=O) groups is 1. The summed E-state index contributed by atoms with van der Waals surface area (Å²) in [6, 6.07) is 1.41. The summed E-state index contributed by atoms with van der Waals surface area (Å²) < 4.78 is 0. The van der Waals surface area contributed by atoms with Gasteiger partial charge >= 0.3 is 0 Å². The van der Waals surface area contributed by atoms with Crippen molar-refractivity contribution >= 4 is 23.2 Å². The first-order chi connectivity index (χ1) is 9.41. The van der Waals surface area contributed by atoms with E-state index in [1.807, 2.05) is 13.8 Å². The van der Waals surface area contributed by atoms with Crippen molar-refractivity contribution in [2.45, 2.75) is 45.2 Å². The molecule has 0 N–H and O–H groups in total. The highest BCUT2D eigenvalue weighted by Gasteiger charge is 2.33. The van der Waals surface area contributed by atoms with Crippen molar-refractivity contribution in [1.29, 1.82) is 0 Å². The zero-order valence-electron chi connectivity index (χ0n) is 11.4. The third kappa shape index (κ3) is 2.75. The van der Waals surface area contributed by atoms with Crippen LogP contribution in [0.3, 0.4) is 0 Å². The van der Waals surface area contributed by atoms with Gasteiger partial charge in [0.1, 0.15) is 16.9 Å². The van der Waals surface area contributed by atoms with E-state index in [0.29, 0.717) is 0 Å². The van der Waals surface area contributed by atoms with Crippen LogP contribution in [0.15, 0.2) is 12.3 Å². The van der Waals surface area contributed by atoms with Crippen molar-refractivity contribution in [3.05, 3.63) is 33.1 Å². The number of hydrogen-bond acceptors (Lipinski definition) is 4. The van der Waals surface area contributed by atoms with E-state index >= 15 is 0 Å². The normalized spacial score (nSPS) is 22.6. The first-order valence-electron chi connectivity index (χ1n) is 6.54. The van der Waals surface area contributed by atoms with Crippen LogP contribution in [-0.2, 0) is 0 Å². The fourth-order valence-corrected chi connectivity index (χ4v) is 2.86. The molecule has 0 spiro atoms. The average molecular weight is 298 g/mol. The molecule has 7 heteroatoms. The van der Waals surface area contributed by atoms with E-state index in [-0.39, 0.29) is 34.4 Å². The summed E-state index contributed by atoms with van der Waals surface area (Å²) >= 11 is 5.77. The van der Waals surface area contributed by atoms with Crippen molar-refractivity contribution in [2.24, 2.45) is 0 Å². The summed E-state index contributed by atoms with van der Waals surface area (Å²) in [5, 5.41) is 11.1. The summed E-state index contributed by atoms with van der Waals surface area (Å²) in [5.74, 6) is -0.347. The van der Waals surface area contributed by atoms with Crippen LogP contribution in [0.5, 0.6) is 0 Å². The molecule has 2 rings (SSSR count). The maximum atomic E-state index is 12.6. The molecule has 1 aliphatic rings. The van der Waals surface area contributed by atoms with Crippen LogP contribution in [0.1, 0.15) is 43.5 Å². The third-order valence-corrected chi connectivity index (χ3v) is 3.91. The molecule has 1 fully saturated rings. The second-order valence-corrected chi connectivity index (χ2v) is 5.51. The second-order valence-electron chi connectivity index (χ2n) is 5.12. The van der Waals surface area contributed by atoms with E-state index in [1.165, 1.54) is 6.07 Å². The molecular weight excluding hydrogens is 282 g/mol. The minimum absolute atomic E-state index is 0.00981. The number of likely N-dealkylation sites (tertiary alicyclic amines) is 1. The van der Waals surface area contributed by atoms with Gasteiger partial charge in [-0.1, -0.05) is 11.6 Å². The Morgan fingerprint density at radius 1 is 1.45 bits per heavy atom. The zero-order valence-corrected chi connectivity index (χ0v) is 12.1. The van der Waals surface area contributed by atoms with E-state index in [9.17, 15) is 14.9 Å². The van der Waals surface area contributed by atoms with Gasteiger partial charge in [0.25, 0.3) is 11.6 Å². The quantitative estimate of drug-likeness (QED) is 0.477. The molecule has 108 valence electrons. The molecule has 1 saturated heterocycles. The molecule has 0 unspecified atom stereocenters. The standard InChI is InChI=1S/C13H16ClN3O3/c1-8-4-3-5-9(2)16(8)13(18)10-6-12(14)15-7-11(10)17(19)20/h6-9H,3-5H2,1-2H3/t8-,9+. The van der Waals surface area contributed by atoms with Gasteiger partial charge in [-0.05, 0) is 39.2 Å². The van der Waals surface area contributed by atoms with Crippen LogP contribution < -0.4 is 0 Å². The highest BCUT2D eigenvalue weighted by molar-refractivity contribution is 6.29. The molecule has 1 aliphatic heterocycles. The van der Waals surface area contributed by atoms with Crippen molar-refractivity contribution in [3.63, 3.8) is 0 Å². The maximum Gasteiger partial charge on any atom is 0.300 e. The lowest BCUT2D eigenvalue weighted by Crippen LogP contribution is -2.47. The molecule has 2 heterocycles. The highest BCUT2D eigenvalue weighted by atomic mass is 35.5. The number of nitro groups is 1. The Balaban J connectivity index is 2.42. The van der Waals surface area contributed by atoms with Crippen LogP contribution in [0, 0.1) is 10.1 Å². The number of pyridine rings is 1. The molecule has 6 nitrogen and oxygen atoms in total. The molecule has 1 aromatic rings. The van der Waals surface area contributed by atoms with Gasteiger partial charge in [-0.15, -0.1) is 0 Å². The molecule has 0 aromatic carbocycles. The fraction of sp³-hybridized carbons (Fsp3) is 0.538. The predicted octanol–water partition coefficient (Wildman–Crippen LogP) is 3.05. The van der Waals surface area contributed by atoms with Crippen LogP contribution in [-0.4, -0.2) is 32.8 Å². The van der Waals surface area contributed by atoms with E-state index < -0.39 is 4.92 Å². The van der Waals surface area contributed by atoms with Gasteiger partial charge in [-0.2, -0.15) is 0 Å². The number of halogens is 1. The molecule has 0 aliphatic carbocycles. The number of carbonyl (C=O) groups excluding carboxylic acids is 1. The number of amides is 1. The van der Waals surface area contributed by atoms with Crippen LogP contribution in [0.25, 0.3) is 0 Å². The molecule has 1 amide bonds.